The molecule has 0 radical (unpaired) electrons. The number of unbranched alkanes of at least 4 members (excludes halogenated alkanes) is 2. The second-order valence-electron chi connectivity index (χ2n) is 10.4. The molecule has 1 fully saturated rings. The molecule has 4 rings (SSSR count). The Morgan fingerprint density at radius 1 is 0.868 bits per heavy atom. The van der Waals surface area contributed by atoms with Gasteiger partial charge in [0, 0.05) is 0 Å². The van der Waals surface area contributed by atoms with Crippen LogP contribution >= 0.6 is 0 Å². The molecular formula is C34H40O4. The molecule has 200 valence electrons. The van der Waals surface area contributed by atoms with Crippen LogP contribution in [0.4, 0.5) is 0 Å². The van der Waals surface area contributed by atoms with E-state index in [0.29, 0.717) is 23.0 Å². The molecule has 0 unspecified atom stereocenters. The normalized spacial score (nSPS) is 17.1. The monoisotopic (exact) mass is 512 g/mol. The van der Waals surface area contributed by atoms with Gasteiger partial charge in [-0.1, -0.05) is 93.8 Å². The number of carbonyl (C=O) groups is 1. The van der Waals surface area contributed by atoms with Crippen LogP contribution in [0.3, 0.4) is 0 Å². The van der Waals surface area contributed by atoms with E-state index in [1.54, 1.807) is 19.2 Å². The molecule has 4 heteroatoms. The van der Waals surface area contributed by atoms with Crippen LogP contribution in [0.25, 0.3) is 22.3 Å². The predicted octanol–water partition coefficient (Wildman–Crippen LogP) is 8.34. The smallest absolute Gasteiger partial charge is 0.341 e. The Hall–Kier alpha value is -3.37. The lowest BCUT2D eigenvalue weighted by Gasteiger charge is -2.29. The Bertz CT molecular complexity index is 1200. The number of aliphatic hydroxyl groups excluding tert-OH is 1. The van der Waals surface area contributed by atoms with Gasteiger partial charge in [-0.3, -0.25) is 0 Å². The molecule has 3 aromatic rings. The first-order chi connectivity index (χ1) is 18.5. The second-order valence-corrected chi connectivity index (χ2v) is 10.4. The Balaban J connectivity index is 1.46. The van der Waals surface area contributed by atoms with Crippen molar-refractivity contribution < 1.29 is 19.4 Å². The van der Waals surface area contributed by atoms with Crippen LogP contribution in [-0.2, 0) is 4.79 Å². The molecule has 0 aliphatic heterocycles. The minimum absolute atomic E-state index is 0.00224. The highest BCUT2D eigenvalue weighted by molar-refractivity contribution is 5.91. The van der Waals surface area contributed by atoms with Crippen LogP contribution in [-0.4, -0.2) is 24.8 Å². The summed E-state index contributed by atoms with van der Waals surface area (Å²) in [7, 11) is 1.59. The van der Waals surface area contributed by atoms with Gasteiger partial charge in [-0.25, -0.2) is 4.79 Å². The fourth-order valence-corrected chi connectivity index (χ4v) is 5.53. The standard InChI is InChI=1S/C34H40O4/c1-4-5-6-8-25-11-13-26(14-12-25)27-15-17-28(18-16-27)29-19-21-30(22-20-29)33-31(37-3)9-7-10-32(33)38-34(36)24(2)23-35/h7,9-10,15-22,25-26,35H,2,4-6,8,11-14,23H2,1,3H3. The molecule has 0 aromatic heterocycles. The molecule has 1 saturated carbocycles. The third kappa shape index (κ3) is 6.73. The van der Waals surface area contributed by atoms with E-state index in [4.69, 9.17) is 9.47 Å². The highest BCUT2D eigenvalue weighted by atomic mass is 16.5. The predicted molar refractivity (Wildman–Crippen MR) is 155 cm³/mol. The van der Waals surface area contributed by atoms with E-state index in [2.05, 4.69) is 49.9 Å². The zero-order valence-corrected chi connectivity index (χ0v) is 22.7. The first-order valence-electron chi connectivity index (χ1n) is 13.9. The number of hydrogen-bond acceptors (Lipinski definition) is 4. The van der Waals surface area contributed by atoms with Gasteiger partial charge in [-0.15, -0.1) is 0 Å². The maximum absolute atomic E-state index is 12.3. The molecule has 38 heavy (non-hydrogen) atoms. The van der Waals surface area contributed by atoms with E-state index in [1.807, 2.05) is 18.2 Å². The molecule has 0 spiro atoms. The summed E-state index contributed by atoms with van der Waals surface area (Å²) in [4.78, 5) is 12.3. The highest BCUT2D eigenvalue weighted by Gasteiger charge is 2.22. The second kappa shape index (κ2) is 13.4. The number of rotatable bonds is 11. The number of aliphatic hydroxyl groups is 1. The van der Waals surface area contributed by atoms with Gasteiger partial charge in [-0.2, -0.15) is 0 Å². The van der Waals surface area contributed by atoms with Gasteiger partial charge in [0.25, 0.3) is 0 Å². The summed E-state index contributed by atoms with van der Waals surface area (Å²) in [5.74, 6) is 1.91. The number of carbonyl (C=O) groups excluding carboxylic acids is 1. The SMILES string of the molecule is C=C(CO)C(=O)Oc1cccc(OC)c1-c1ccc(-c2ccc(C3CCC(CCCCC)CC3)cc2)cc1. The molecule has 0 saturated heterocycles. The summed E-state index contributed by atoms with van der Waals surface area (Å²) in [5, 5.41) is 9.22. The van der Waals surface area contributed by atoms with Crippen LogP contribution in [0.15, 0.2) is 78.9 Å². The lowest BCUT2D eigenvalue weighted by molar-refractivity contribution is -0.130. The largest absolute Gasteiger partial charge is 0.496 e. The van der Waals surface area contributed by atoms with Crippen molar-refractivity contribution in [2.45, 2.75) is 64.2 Å². The van der Waals surface area contributed by atoms with Crippen molar-refractivity contribution in [2.75, 3.05) is 13.7 Å². The van der Waals surface area contributed by atoms with Crippen LogP contribution in [0.5, 0.6) is 11.5 Å². The molecule has 0 heterocycles. The fraction of sp³-hybridized carbons (Fsp3) is 0.382. The number of methoxy groups -OCH3 is 1. The van der Waals surface area contributed by atoms with Crippen molar-refractivity contribution >= 4 is 5.97 Å². The molecule has 0 bridgehead atoms. The van der Waals surface area contributed by atoms with Gasteiger partial charge in [0.15, 0.2) is 0 Å². The number of benzene rings is 3. The topological polar surface area (TPSA) is 55.8 Å². The van der Waals surface area contributed by atoms with E-state index >= 15 is 0 Å². The fourth-order valence-electron chi connectivity index (χ4n) is 5.53. The van der Waals surface area contributed by atoms with Gasteiger partial charge in [0.1, 0.15) is 11.5 Å². The Labute approximate surface area is 227 Å². The molecular weight excluding hydrogens is 472 g/mol. The minimum atomic E-state index is -0.663. The van der Waals surface area contributed by atoms with Gasteiger partial charge in [0.05, 0.1) is 24.9 Å². The maximum atomic E-state index is 12.3. The van der Waals surface area contributed by atoms with E-state index < -0.39 is 12.6 Å². The summed E-state index contributed by atoms with van der Waals surface area (Å²) in [6, 6.07) is 22.6. The number of ether oxygens (including phenoxy) is 2. The third-order valence-electron chi connectivity index (χ3n) is 7.84. The average Bonchev–Trinajstić information content (AvgIpc) is 2.97. The number of esters is 1. The Kier molecular flexibility index (Phi) is 9.78. The first-order valence-corrected chi connectivity index (χ1v) is 13.9. The summed E-state index contributed by atoms with van der Waals surface area (Å²) < 4.78 is 11.1. The highest BCUT2D eigenvalue weighted by Crippen LogP contribution is 2.40. The van der Waals surface area contributed by atoms with Crippen LogP contribution in [0.2, 0.25) is 0 Å². The quantitative estimate of drug-likeness (QED) is 0.121. The van der Waals surface area contributed by atoms with E-state index in [-0.39, 0.29) is 5.57 Å². The minimum Gasteiger partial charge on any atom is -0.496 e. The van der Waals surface area contributed by atoms with Crippen molar-refractivity contribution in [1.29, 1.82) is 0 Å². The van der Waals surface area contributed by atoms with Crippen molar-refractivity contribution in [3.05, 3.63) is 84.4 Å². The molecule has 3 aromatic carbocycles. The van der Waals surface area contributed by atoms with Crippen molar-refractivity contribution in [2.24, 2.45) is 5.92 Å². The summed E-state index contributed by atoms with van der Waals surface area (Å²) >= 11 is 0. The molecule has 4 nitrogen and oxygen atoms in total. The molecule has 1 aliphatic rings. The van der Waals surface area contributed by atoms with Gasteiger partial charge in [-0.05, 0) is 71.9 Å². The van der Waals surface area contributed by atoms with Crippen molar-refractivity contribution in [3.8, 4) is 33.8 Å². The first kappa shape index (κ1) is 27.7. The summed E-state index contributed by atoms with van der Waals surface area (Å²) in [6.45, 7) is 5.39. The lowest BCUT2D eigenvalue weighted by Crippen LogP contribution is -2.13. The van der Waals surface area contributed by atoms with Crippen molar-refractivity contribution in [3.63, 3.8) is 0 Å². The Morgan fingerprint density at radius 2 is 1.47 bits per heavy atom. The zero-order chi connectivity index (χ0) is 26.9. The summed E-state index contributed by atoms with van der Waals surface area (Å²) in [5.41, 5.74) is 5.32. The maximum Gasteiger partial charge on any atom is 0.341 e. The molecule has 0 atom stereocenters. The van der Waals surface area contributed by atoms with Crippen molar-refractivity contribution in [1.82, 2.24) is 0 Å². The number of hydrogen-bond donors (Lipinski definition) is 1. The van der Waals surface area contributed by atoms with Crippen LogP contribution in [0, 0.1) is 5.92 Å². The summed E-state index contributed by atoms with van der Waals surface area (Å²) in [6.07, 6.45) is 10.8. The molecule has 1 N–H and O–H groups in total. The van der Waals surface area contributed by atoms with Gasteiger partial charge >= 0.3 is 5.97 Å². The molecule has 1 aliphatic carbocycles. The zero-order valence-electron chi connectivity index (χ0n) is 22.7. The van der Waals surface area contributed by atoms with E-state index in [9.17, 15) is 9.90 Å². The average molecular weight is 513 g/mol. The Morgan fingerprint density at radius 3 is 2.08 bits per heavy atom. The van der Waals surface area contributed by atoms with E-state index in [1.165, 1.54) is 62.5 Å². The van der Waals surface area contributed by atoms with Crippen LogP contribution < -0.4 is 9.47 Å². The molecule has 0 amide bonds. The van der Waals surface area contributed by atoms with Gasteiger partial charge in [0.2, 0.25) is 0 Å². The third-order valence-corrected chi connectivity index (χ3v) is 7.84. The van der Waals surface area contributed by atoms with Crippen LogP contribution in [0.1, 0.15) is 69.8 Å². The lowest BCUT2D eigenvalue weighted by atomic mass is 9.77. The van der Waals surface area contributed by atoms with E-state index in [0.717, 1.165) is 17.0 Å². The van der Waals surface area contributed by atoms with Gasteiger partial charge < -0.3 is 14.6 Å².